The molecule has 0 aromatic carbocycles. The van der Waals surface area contributed by atoms with Gasteiger partial charge in [0.2, 0.25) is 0 Å². The Kier molecular flexibility index (Phi) is 4.42. The molecule has 3 nitrogen and oxygen atoms in total. The summed E-state index contributed by atoms with van der Waals surface area (Å²) in [6, 6.07) is 1.11. The van der Waals surface area contributed by atoms with Crippen molar-refractivity contribution in [2.75, 3.05) is 20.3 Å². The van der Waals surface area contributed by atoms with Crippen molar-refractivity contribution < 1.29 is 9.47 Å². The summed E-state index contributed by atoms with van der Waals surface area (Å²) in [5, 5.41) is 3.71. The molecule has 3 unspecified atom stereocenters. The minimum Gasteiger partial charge on any atom is -0.380 e. The number of rotatable bonds is 3. The molecule has 1 N–H and O–H groups in total. The lowest BCUT2D eigenvalue weighted by Gasteiger charge is -2.35. The smallest absolute Gasteiger partial charge is 0.0724 e. The summed E-state index contributed by atoms with van der Waals surface area (Å²) in [6.07, 6.45) is 8.00. The number of methoxy groups -OCH3 is 1. The minimum atomic E-state index is 0.417. The summed E-state index contributed by atoms with van der Waals surface area (Å²) in [7, 11) is 1.84. The zero-order valence-corrected chi connectivity index (χ0v) is 9.71. The van der Waals surface area contributed by atoms with Gasteiger partial charge in [-0.25, -0.2) is 0 Å². The summed E-state index contributed by atoms with van der Waals surface area (Å²) >= 11 is 0. The van der Waals surface area contributed by atoms with E-state index in [1.807, 2.05) is 7.11 Å². The highest BCUT2D eigenvalue weighted by Gasteiger charge is 2.27. The Morgan fingerprint density at radius 2 is 2.00 bits per heavy atom. The van der Waals surface area contributed by atoms with E-state index < -0.39 is 0 Å². The van der Waals surface area contributed by atoms with Crippen molar-refractivity contribution in [2.45, 2.75) is 56.7 Å². The first kappa shape index (κ1) is 11.4. The van der Waals surface area contributed by atoms with Gasteiger partial charge in [-0.2, -0.15) is 0 Å². The first-order valence-corrected chi connectivity index (χ1v) is 6.26. The topological polar surface area (TPSA) is 30.5 Å². The molecule has 0 aromatic rings. The predicted molar refractivity (Wildman–Crippen MR) is 60.0 cm³/mol. The predicted octanol–water partition coefficient (Wildman–Crippen LogP) is 1.71. The van der Waals surface area contributed by atoms with Crippen LogP contribution in [0.25, 0.3) is 0 Å². The van der Waals surface area contributed by atoms with Gasteiger partial charge in [-0.1, -0.05) is 12.8 Å². The minimum absolute atomic E-state index is 0.417. The van der Waals surface area contributed by atoms with E-state index >= 15 is 0 Å². The zero-order chi connectivity index (χ0) is 10.5. The molecule has 1 saturated carbocycles. The van der Waals surface area contributed by atoms with E-state index in [2.05, 4.69) is 5.32 Å². The third kappa shape index (κ3) is 3.16. The second-order valence-corrected chi connectivity index (χ2v) is 4.75. The maximum atomic E-state index is 5.54. The number of ether oxygens (including phenoxy) is 2. The Labute approximate surface area is 92.5 Å². The SMILES string of the molecule is COC1CCCCC1NC1CCCOC1. The average molecular weight is 213 g/mol. The lowest BCUT2D eigenvalue weighted by atomic mass is 9.91. The lowest BCUT2D eigenvalue weighted by molar-refractivity contribution is 0.0176. The third-order valence-electron chi connectivity index (χ3n) is 3.62. The van der Waals surface area contributed by atoms with Crippen molar-refractivity contribution in [1.29, 1.82) is 0 Å². The molecule has 2 rings (SSSR count). The summed E-state index contributed by atoms with van der Waals surface area (Å²) in [4.78, 5) is 0. The molecule has 15 heavy (non-hydrogen) atoms. The zero-order valence-electron chi connectivity index (χ0n) is 9.71. The van der Waals surface area contributed by atoms with E-state index in [0.29, 0.717) is 18.2 Å². The van der Waals surface area contributed by atoms with Gasteiger partial charge in [0.1, 0.15) is 0 Å². The molecule has 1 saturated heterocycles. The maximum absolute atomic E-state index is 5.54. The Bertz CT molecular complexity index is 180. The van der Waals surface area contributed by atoms with E-state index in [1.165, 1.54) is 38.5 Å². The van der Waals surface area contributed by atoms with Gasteiger partial charge >= 0.3 is 0 Å². The van der Waals surface area contributed by atoms with Gasteiger partial charge < -0.3 is 14.8 Å². The van der Waals surface area contributed by atoms with E-state index in [4.69, 9.17) is 9.47 Å². The fraction of sp³-hybridized carbons (Fsp3) is 1.00. The second kappa shape index (κ2) is 5.83. The molecule has 1 aliphatic heterocycles. The van der Waals surface area contributed by atoms with Crippen LogP contribution in [0.15, 0.2) is 0 Å². The van der Waals surface area contributed by atoms with Gasteiger partial charge in [0.25, 0.3) is 0 Å². The lowest BCUT2D eigenvalue weighted by Crippen LogP contribution is -2.50. The summed E-state index contributed by atoms with van der Waals surface area (Å²) in [6.45, 7) is 1.82. The summed E-state index contributed by atoms with van der Waals surface area (Å²) < 4.78 is 11.0. The largest absolute Gasteiger partial charge is 0.380 e. The highest BCUT2D eigenvalue weighted by Crippen LogP contribution is 2.22. The van der Waals surface area contributed by atoms with Crippen LogP contribution in [0.5, 0.6) is 0 Å². The molecule has 3 heteroatoms. The van der Waals surface area contributed by atoms with Crippen LogP contribution in [0.1, 0.15) is 38.5 Å². The molecule has 0 aromatic heterocycles. The Morgan fingerprint density at radius 1 is 1.13 bits per heavy atom. The van der Waals surface area contributed by atoms with Crippen molar-refractivity contribution >= 4 is 0 Å². The molecule has 88 valence electrons. The molecule has 0 bridgehead atoms. The molecule has 2 fully saturated rings. The molecular weight excluding hydrogens is 190 g/mol. The number of hydrogen-bond donors (Lipinski definition) is 1. The van der Waals surface area contributed by atoms with Crippen molar-refractivity contribution in [3.8, 4) is 0 Å². The van der Waals surface area contributed by atoms with Crippen LogP contribution in [-0.4, -0.2) is 38.5 Å². The first-order valence-electron chi connectivity index (χ1n) is 6.26. The van der Waals surface area contributed by atoms with Gasteiger partial charge in [0, 0.05) is 25.8 Å². The normalized spacial score (nSPS) is 37.8. The van der Waals surface area contributed by atoms with Crippen LogP contribution in [0.4, 0.5) is 0 Å². The molecule has 1 heterocycles. The Hall–Kier alpha value is -0.120. The molecule has 1 aliphatic carbocycles. The third-order valence-corrected chi connectivity index (χ3v) is 3.62. The van der Waals surface area contributed by atoms with E-state index in [9.17, 15) is 0 Å². The van der Waals surface area contributed by atoms with Crippen LogP contribution < -0.4 is 5.32 Å². The Balaban J connectivity index is 1.79. The van der Waals surface area contributed by atoms with Gasteiger partial charge in [0.05, 0.1) is 12.7 Å². The van der Waals surface area contributed by atoms with Gasteiger partial charge in [-0.05, 0) is 25.7 Å². The highest BCUT2D eigenvalue weighted by molar-refractivity contribution is 4.85. The van der Waals surface area contributed by atoms with Gasteiger partial charge in [-0.15, -0.1) is 0 Å². The molecule has 2 aliphatic rings. The molecular formula is C12H23NO2. The quantitative estimate of drug-likeness (QED) is 0.774. The van der Waals surface area contributed by atoms with Crippen LogP contribution >= 0.6 is 0 Å². The fourth-order valence-electron chi connectivity index (χ4n) is 2.74. The van der Waals surface area contributed by atoms with Crippen LogP contribution in [0.3, 0.4) is 0 Å². The van der Waals surface area contributed by atoms with Gasteiger partial charge in [0.15, 0.2) is 0 Å². The van der Waals surface area contributed by atoms with E-state index in [1.54, 1.807) is 0 Å². The molecule has 0 radical (unpaired) electrons. The van der Waals surface area contributed by atoms with Crippen molar-refractivity contribution in [3.05, 3.63) is 0 Å². The number of nitrogens with one attached hydrogen (secondary N) is 1. The van der Waals surface area contributed by atoms with E-state index in [0.717, 1.165) is 13.2 Å². The fourth-order valence-corrected chi connectivity index (χ4v) is 2.74. The van der Waals surface area contributed by atoms with Gasteiger partial charge in [-0.3, -0.25) is 0 Å². The maximum Gasteiger partial charge on any atom is 0.0724 e. The van der Waals surface area contributed by atoms with E-state index in [-0.39, 0.29) is 0 Å². The number of hydrogen-bond acceptors (Lipinski definition) is 3. The standard InChI is InChI=1S/C12H23NO2/c1-14-12-7-3-2-6-11(12)13-10-5-4-8-15-9-10/h10-13H,2-9H2,1H3. The molecule has 3 atom stereocenters. The second-order valence-electron chi connectivity index (χ2n) is 4.75. The van der Waals surface area contributed by atoms with Crippen LogP contribution in [0, 0.1) is 0 Å². The van der Waals surface area contributed by atoms with Crippen molar-refractivity contribution in [3.63, 3.8) is 0 Å². The Morgan fingerprint density at radius 3 is 2.73 bits per heavy atom. The molecule has 0 spiro atoms. The highest BCUT2D eigenvalue weighted by atomic mass is 16.5. The average Bonchev–Trinajstić information content (AvgIpc) is 2.31. The van der Waals surface area contributed by atoms with Crippen molar-refractivity contribution in [2.24, 2.45) is 0 Å². The molecule has 0 amide bonds. The van der Waals surface area contributed by atoms with Crippen LogP contribution in [0.2, 0.25) is 0 Å². The van der Waals surface area contributed by atoms with Crippen LogP contribution in [-0.2, 0) is 9.47 Å². The monoisotopic (exact) mass is 213 g/mol. The first-order chi connectivity index (χ1) is 7.40. The van der Waals surface area contributed by atoms with Crippen molar-refractivity contribution in [1.82, 2.24) is 5.32 Å². The summed E-state index contributed by atoms with van der Waals surface area (Å²) in [5.41, 5.74) is 0. The summed E-state index contributed by atoms with van der Waals surface area (Å²) in [5.74, 6) is 0.